The van der Waals surface area contributed by atoms with Gasteiger partial charge in [-0.05, 0) is 60.5 Å². The first-order valence-corrected chi connectivity index (χ1v) is 9.07. The molecule has 0 spiro atoms. The van der Waals surface area contributed by atoms with Crippen molar-refractivity contribution in [1.29, 1.82) is 5.26 Å². The van der Waals surface area contributed by atoms with Gasteiger partial charge in [0.25, 0.3) is 0 Å². The van der Waals surface area contributed by atoms with Gasteiger partial charge in [0.1, 0.15) is 5.82 Å². The number of aromatic nitrogens is 2. The predicted molar refractivity (Wildman–Crippen MR) is 105 cm³/mol. The average Bonchev–Trinajstić information content (AvgIpc) is 3.45. The Hall–Kier alpha value is -2.97. The summed E-state index contributed by atoms with van der Waals surface area (Å²) in [5.41, 5.74) is 4.11. The molecular weight excluding hydrogens is 360 g/mol. The van der Waals surface area contributed by atoms with Gasteiger partial charge in [-0.3, -0.25) is 9.78 Å². The minimum absolute atomic E-state index is 0.157. The first-order chi connectivity index (χ1) is 13.0. The summed E-state index contributed by atoms with van der Waals surface area (Å²) in [6.07, 6.45) is 5.89. The number of anilines is 1. The fraction of sp³-hybridized carbons (Fsp3) is 0.238. The lowest BCUT2D eigenvalue weighted by molar-refractivity contribution is -0.117. The largest absolute Gasteiger partial charge is 0.310 e. The van der Waals surface area contributed by atoms with Crippen molar-refractivity contribution in [2.45, 2.75) is 20.3 Å². The van der Waals surface area contributed by atoms with Crippen molar-refractivity contribution in [3.05, 3.63) is 52.9 Å². The van der Waals surface area contributed by atoms with Crippen LogP contribution < -0.4 is 5.32 Å². The molecule has 134 valence electrons. The molecule has 2 atom stereocenters. The third kappa shape index (κ3) is 3.13. The highest BCUT2D eigenvalue weighted by molar-refractivity contribution is 6.36. The molecular formula is C21H17ClN4O. The molecule has 2 aromatic heterocycles. The summed E-state index contributed by atoms with van der Waals surface area (Å²) in [5, 5.41) is 14.1. The van der Waals surface area contributed by atoms with Gasteiger partial charge in [0, 0.05) is 29.5 Å². The zero-order valence-electron chi connectivity index (χ0n) is 15.0. The molecule has 1 amide bonds. The number of nitrogens with zero attached hydrogens (tertiary/aromatic N) is 3. The molecule has 0 aliphatic heterocycles. The van der Waals surface area contributed by atoms with Crippen LogP contribution in [0.1, 0.15) is 17.5 Å². The van der Waals surface area contributed by atoms with Crippen LogP contribution in [-0.2, 0) is 4.79 Å². The highest BCUT2D eigenvalue weighted by Gasteiger charge is 2.43. The van der Waals surface area contributed by atoms with Crippen LogP contribution in [0.4, 0.5) is 5.82 Å². The number of carbonyl (C=O) groups is 1. The van der Waals surface area contributed by atoms with Crippen LogP contribution >= 0.6 is 11.6 Å². The van der Waals surface area contributed by atoms with E-state index in [0.29, 0.717) is 17.3 Å². The maximum Gasteiger partial charge on any atom is 0.230 e. The number of aryl methyl sites for hydroxylation is 1. The summed E-state index contributed by atoms with van der Waals surface area (Å²) in [7, 11) is 0. The summed E-state index contributed by atoms with van der Waals surface area (Å²) in [6.45, 7) is 4.02. The Balaban J connectivity index is 1.75. The molecule has 1 aromatic carbocycles. The van der Waals surface area contributed by atoms with Crippen molar-refractivity contribution < 1.29 is 4.79 Å². The number of rotatable bonds is 3. The van der Waals surface area contributed by atoms with Gasteiger partial charge >= 0.3 is 0 Å². The standard InChI is InChI=1S/C21H17ClN4O/c1-11-3-4-24-9-17(11)15-5-13-7-19(25-10-18(13)20(22)12(15)2)26-21(27)16-6-14(16)8-23/h3-5,7,9-10,14,16H,6H2,1-2H3,(H,25,26,27)/t14-,16+/m0/s1. The molecule has 3 aromatic rings. The molecule has 0 saturated heterocycles. The molecule has 2 heterocycles. The van der Waals surface area contributed by atoms with Crippen LogP contribution in [0.15, 0.2) is 36.8 Å². The molecule has 1 saturated carbocycles. The van der Waals surface area contributed by atoms with Crippen molar-refractivity contribution in [2.75, 3.05) is 5.32 Å². The summed E-state index contributed by atoms with van der Waals surface area (Å²) >= 11 is 6.61. The third-order valence-electron chi connectivity index (χ3n) is 5.08. The van der Waals surface area contributed by atoms with Gasteiger partial charge in [-0.2, -0.15) is 5.26 Å². The Bertz CT molecular complexity index is 1120. The molecule has 27 heavy (non-hydrogen) atoms. The lowest BCUT2D eigenvalue weighted by Gasteiger charge is -2.14. The van der Waals surface area contributed by atoms with Crippen molar-refractivity contribution in [2.24, 2.45) is 11.8 Å². The van der Waals surface area contributed by atoms with E-state index in [1.54, 1.807) is 12.4 Å². The fourth-order valence-electron chi connectivity index (χ4n) is 3.30. The first kappa shape index (κ1) is 17.4. The number of amides is 1. The summed E-state index contributed by atoms with van der Waals surface area (Å²) in [6, 6.07) is 7.96. The number of nitrogens with one attached hydrogen (secondary N) is 1. The Morgan fingerprint density at radius 2 is 2.11 bits per heavy atom. The van der Waals surface area contributed by atoms with Crippen LogP contribution in [-0.4, -0.2) is 15.9 Å². The zero-order valence-corrected chi connectivity index (χ0v) is 15.7. The number of pyridine rings is 2. The number of hydrogen-bond donors (Lipinski definition) is 1. The summed E-state index contributed by atoms with van der Waals surface area (Å²) < 4.78 is 0. The number of nitriles is 1. The Morgan fingerprint density at radius 3 is 2.81 bits per heavy atom. The summed E-state index contributed by atoms with van der Waals surface area (Å²) in [5.74, 6) is -0.106. The Morgan fingerprint density at radius 1 is 1.30 bits per heavy atom. The second kappa shape index (κ2) is 6.64. The monoisotopic (exact) mass is 376 g/mol. The van der Waals surface area contributed by atoms with E-state index in [1.165, 1.54) is 0 Å². The lowest BCUT2D eigenvalue weighted by Crippen LogP contribution is -2.15. The topological polar surface area (TPSA) is 78.7 Å². The maximum absolute atomic E-state index is 12.2. The van der Waals surface area contributed by atoms with Gasteiger partial charge in [0.05, 0.1) is 22.9 Å². The van der Waals surface area contributed by atoms with Crippen LogP contribution in [0.3, 0.4) is 0 Å². The number of halogens is 1. The zero-order chi connectivity index (χ0) is 19.1. The van der Waals surface area contributed by atoms with Crippen molar-refractivity contribution in [3.8, 4) is 17.2 Å². The minimum Gasteiger partial charge on any atom is -0.310 e. The van der Waals surface area contributed by atoms with Gasteiger partial charge < -0.3 is 5.32 Å². The summed E-state index contributed by atoms with van der Waals surface area (Å²) in [4.78, 5) is 20.7. The van der Waals surface area contributed by atoms with E-state index in [4.69, 9.17) is 16.9 Å². The van der Waals surface area contributed by atoms with E-state index in [2.05, 4.69) is 21.4 Å². The second-order valence-electron chi connectivity index (χ2n) is 6.91. The third-order valence-corrected chi connectivity index (χ3v) is 5.57. The number of hydrogen-bond acceptors (Lipinski definition) is 4. The van der Waals surface area contributed by atoms with Gasteiger partial charge in [-0.1, -0.05) is 11.6 Å². The molecule has 1 aliphatic rings. The van der Waals surface area contributed by atoms with E-state index in [9.17, 15) is 4.79 Å². The van der Waals surface area contributed by atoms with Crippen molar-refractivity contribution in [1.82, 2.24) is 9.97 Å². The van der Waals surface area contributed by atoms with E-state index >= 15 is 0 Å². The van der Waals surface area contributed by atoms with E-state index < -0.39 is 0 Å². The quantitative estimate of drug-likeness (QED) is 0.720. The van der Waals surface area contributed by atoms with Crippen LogP contribution in [0, 0.1) is 37.0 Å². The number of carbonyl (C=O) groups excluding carboxylic acids is 1. The molecule has 0 bridgehead atoms. The molecule has 1 aliphatic carbocycles. The van der Waals surface area contributed by atoms with Gasteiger partial charge in [-0.15, -0.1) is 0 Å². The van der Waals surface area contributed by atoms with Crippen molar-refractivity contribution >= 4 is 34.1 Å². The molecule has 1 N–H and O–H groups in total. The smallest absolute Gasteiger partial charge is 0.230 e. The highest BCUT2D eigenvalue weighted by Crippen LogP contribution is 2.39. The van der Waals surface area contributed by atoms with Gasteiger partial charge in [0.2, 0.25) is 5.91 Å². The Labute approximate surface area is 162 Å². The average molecular weight is 377 g/mol. The second-order valence-corrected chi connectivity index (χ2v) is 7.29. The van der Waals surface area contributed by atoms with E-state index in [0.717, 1.165) is 33.0 Å². The SMILES string of the molecule is Cc1ccncc1-c1cc2cc(NC(=O)[C@@H]3C[C@H]3C#N)ncc2c(Cl)c1C. The molecule has 0 radical (unpaired) electrons. The molecule has 1 fully saturated rings. The predicted octanol–water partition coefficient (Wildman–Crippen LogP) is 4.67. The fourth-order valence-corrected chi connectivity index (χ4v) is 3.56. The normalized spacial score (nSPS) is 18.1. The first-order valence-electron chi connectivity index (χ1n) is 8.70. The van der Waals surface area contributed by atoms with Gasteiger partial charge in [0.15, 0.2) is 0 Å². The number of fused-ring (bicyclic) bond motifs is 1. The molecule has 6 heteroatoms. The maximum atomic E-state index is 12.2. The minimum atomic E-state index is -0.234. The van der Waals surface area contributed by atoms with E-state index in [1.807, 2.05) is 38.2 Å². The molecule has 0 unspecified atom stereocenters. The van der Waals surface area contributed by atoms with E-state index in [-0.39, 0.29) is 17.7 Å². The highest BCUT2D eigenvalue weighted by atomic mass is 35.5. The Kier molecular flexibility index (Phi) is 4.29. The number of benzene rings is 1. The molecule has 4 rings (SSSR count). The van der Waals surface area contributed by atoms with Gasteiger partial charge in [-0.25, -0.2) is 4.98 Å². The molecule has 5 nitrogen and oxygen atoms in total. The van der Waals surface area contributed by atoms with Crippen molar-refractivity contribution in [3.63, 3.8) is 0 Å². The van der Waals surface area contributed by atoms with Crippen LogP contribution in [0.2, 0.25) is 5.02 Å². The van der Waals surface area contributed by atoms with Crippen LogP contribution in [0.5, 0.6) is 0 Å². The van der Waals surface area contributed by atoms with Crippen LogP contribution in [0.25, 0.3) is 21.9 Å². The lowest BCUT2D eigenvalue weighted by atomic mass is 9.95.